The summed E-state index contributed by atoms with van der Waals surface area (Å²) in [5.41, 5.74) is 2.06. The maximum atomic E-state index is 9.59. The molecule has 1 atom stereocenters. The van der Waals surface area contributed by atoms with Gasteiger partial charge in [0.05, 0.1) is 6.07 Å². The number of rotatable bonds is 6. The Balaban J connectivity index is 2.21. The Kier molecular flexibility index (Phi) is 4.11. The first kappa shape index (κ1) is 13.9. The van der Waals surface area contributed by atoms with Crippen molar-refractivity contribution < 1.29 is 0 Å². The van der Waals surface area contributed by atoms with Gasteiger partial charge in [0.2, 0.25) is 0 Å². The first-order chi connectivity index (χ1) is 9.15. The van der Waals surface area contributed by atoms with Crippen molar-refractivity contribution in [3.05, 3.63) is 29.8 Å². The number of hydrogen-bond acceptors (Lipinski definition) is 3. The van der Waals surface area contributed by atoms with Gasteiger partial charge in [0.15, 0.2) is 0 Å². The molecule has 0 aromatic heterocycles. The van der Waals surface area contributed by atoms with Crippen LogP contribution in [0.25, 0.3) is 0 Å². The Morgan fingerprint density at radius 3 is 2.68 bits per heavy atom. The summed E-state index contributed by atoms with van der Waals surface area (Å²) in [5, 5.41) is 12.9. The van der Waals surface area contributed by atoms with Crippen molar-refractivity contribution in [1.29, 1.82) is 5.26 Å². The van der Waals surface area contributed by atoms with Gasteiger partial charge in [-0.1, -0.05) is 12.1 Å². The van der Waals surface area contributed by atoms with Gasteiger partial charge in [-0.3, -0.25) is 0 Å². The van der Waals surface area contributed by atoms with Crippen LogP contribution in [0.1, 0.15) is 25.3 Å². The van der Waals surface area contributed by atoms with Crippen LogP contribution in [0.4, 0.5) is 5.69 Å². The predicted octanol–water partition coefficient (Wildman–Crippen LogP) is 2.71. The fourth-order valence-electron chi connectivity index (χ4n) is 2.68. The summed E-state index contributed by atoms with van der Waals surface area (Å²) in [7, 11) is 1.91. The van der Waals surface area contributed by atoms with Crippen molar-refractivity contribution in [3.8, 4) is 6.07 Å². The lowest BCUT2D eigenvalue weighted by Gasteiger charge is -2.34. The topological polar surface area (TPSA) is 39.1 Å². The van der Waals surface area contributed by atoms with Gasteiger partial charge in [-0.25, -0.2) is 0 Å². The molecular weight excluding hydrogens is 234 g/mol. The molecule has 1 aliphatic carbocycles. The average molecular weight is 257 g/mol. The lowest BCUT2D eigenvalue weighted by Crippen LogP contribution is -2.53. The summed E-state index contributed by atoms with van der Waals surface area (Å²) in [6.45, 7) is 5.92. The Labute approximate surface area is 116 Å². The van der Waals surface area contributed by atoms with E-state index in [4.69, 9.17) is 0 Å². The highest BCUT2D eigenvalue weighted by atomic mass is 15.2. The van der Waals surface area contributed by atoms with Crippen LogP contribution >= 0.6 is 0 Å². The highest BCUT2D eigenvalue weighted by Crippen LogP contribution is 2.40. The highest BCUT2D eigenvalue weighted by Gasteiger charge is 2.45. The zero-order chi connectivity index (χ0) is 13.9. The molecule has 2 rings (SSSR count). The number of anilines is 1. The molecule has 1 aromatic rings. The molecule has 0 bridgehead atoms. The van der Waals surface area contributed by atoms with Crippen molar-refractivity contribution in [2.24, 2.45) is 5.92 Å². The number of nitrogens with one attached hydrogen (secondary N) is 1. The minimum absolute atomic E-state index is 0.403. The number of benzene rings is 1. The van der Waals surface area contributed by atoms with Gasteiger partial charge < -0.3 is 10.2 Å². The van der Waals surface area contributed by atoms with E-state index >= 15 is 0 Å². The largest absolute Gasteiger partial charge is 0.369 e. The van der Waals surface area contributed by atoms with E-state index < -0.39 is 5.54 Å². The number of hydrogen-bond donors (Lipinski definition) is 1. The molecule has 1 saturated carbocycles. The van der Waals surface area contributed by atoms with Crippen LogP contribution in [-0.4, -0.2) is 25.7 Å². The second-order valence-electron chi connectivity index (χ2n) is 5.46. The number of nitrogens with zero attached hydrogens (tertiary/aromatic N) is 2. The van der Waals surface area contributed by atoms with Crippen LogP contribution in [0.3, 0.4) is 0 Å². The fourth-order valence-corrected chi connectivity index (χ4v) is 2.68. The van der Waals surface area contributed by atoms with Gasteiger partial charge in [-0.15, -0.1) is 0 Å². The van der Waals surface area contributed by atoms with Crippen LogP contribution in [0.2, 0.25) is 0 Å². The second kappa shape index (κ2) is 5.63. The van der Waals surface area contributed by atoms with Gasteiger partial charge >= 0.3 is 0 Å². The van der Waals surface area contributed by atoms with Crippen LogP contribution in [0.5, 0.6) is 0 Å². The first-order valence-electron chi connectivity index (χ1n) is 7.07. The van der Waals surface area contributed by atoms with E-state index in [-0.39, 0.29) is 0 Å². The summed E-state index contributed by atoms with van der Waals surface area (Å²) in [6, 6.07) is 11.0. The fraction of sp³-hybridized carbons (Fsp3) is 0.562. The summed E-state index contributed by atoms with van der Waals surface area (Å²) in [6.07, 6.45) is 2.33. The van der Waals surface area contributed by atoms with E-state index in [1.165, 1.54) is 24.1 Å². The molecule has 1 N–H and O–H groups in total. The van der Waals surface area contributed by atoms with Crippen molar-refractivity contribution >= 4 is 5.69 Å². The molecular formula is C16H23N3. The van der Waals surface area contributed by atoms with Gasteiger partial charge in [0, 0.05) is 18.8 Å². The molecule has 0 aliphatic heterocycles. The smallest absolute Gasteiger partial charge is 0.126 e. The Hall–Kier alpha value is -1.53. The van der Waals surface area contributed by atoms with Gasteiger partial charge in [-0.05, 0) is 57.4 Å². The van der Waals surface area contributed by atoms with Crippen LogP contribution < -0.4 is 10.2 Å². The molecule has 0 spiro atoms. The van der Waals surface area contributed by atoms with E-state index in [2.05, 4.69) is 54.4 Å². The lowest BCUT2D eigenvalue weighted by molar-refractivity contribution is 0.393. The first-order valence-corrected chi connectivity index (χ1v) is 7.07. The van der Waals surface area contributed by atoms with Crippen LogP contribution in [0, 0.1) is 24.2 Å². The normalized spacial score (nSPS) is 17.6. The standard InChI is InChI=1S/C16H23N3/c1-4-19(15-7-5-6-13(2)10-15)12-16(11-17,18-3)14-8-9-14/h5-7,10,14,18H,4,8-9,12H2,1-3H3. The van der Waals surface area contributed by atoms with E-state index in [9.17, 15) is 5.26 Å². The van der Waals surface area contributed by atoms with E-state index in [1.807, 2.05) is 7.05 Å². The third-order valence-electron chi connectivity index (χ3n) is 4.11. The molecule has 102 valence electrons. The predicted molar refractivity (Wildman–Crippen MR) is 79.2 cm³/mol. The van der Waals surface area contributed by atoms with Crippen molar-refractivity contribution in [1.82, 2.24) is 5.32 Å². The molecule has 19 heavy (non-hydrogen) atoms. The molecule has 3 heteroatoms. The van der Waals surface area contributed by atoms with Gasteiger partial charge in [0.1, 0.15) is 5.54 Å². The molecule has 0 saturated heterocycles. The molecule has 1 fully saturated rings. The number of aryl methyl sites for hydroxylation is 1. The quantitative estimate of drug-likeness (QED) is 0.851. The molecule has 3 nitrogen and oxygen atoms in total. The zero-order valence-electron chi connectivity index (χ0n) is 12.1. The monoisotopic (exact) mass is 257 g/mol. The van der Waals surface area contributed by atoms with Crippen molar-refractivity contribution in [2.75, 3.05) is 25.0 Å². The SMILES string of the molecule is CCN(CC(C#N)(NC)C1CC1)c1cccc(C)c1. The summed E-state index contributed by atoms with van der Waals surface area (Å²) in [5.74, 6) is 0.501. The maximum Gasteiger partial charge on any atom is 0.126 e. The Bertz CT molecular complexity index is 473. The minimum atomic E-state index is -0.403. The Morgan fingerprint density at radius 2 is 2.21 bits per heavy atom. The molecule has 1 aliphatic rings. The summed E-state index contributed by atoms with van der Waals surface area (Å²) >= 11 is 0. The summed E-state index contributed by atoms with van der Waals surface area (Å²) < 4.78 is 0. The number of nitriles is 1. The van der Waals surface area contributed by atoms with Gasteiger partial charge in [-0.2, -0.15) is 5.26 Å². The third-order valence-corrected chi connectivity index (χ3v) is 4.11. The van der Waals surface area contributed by atoms with Crippen LogP contribution in [0.15, 0.2) is 24.3 Å². The van der Waals surface area contributed by atoms with E-state index in [0.717, 1.165) is 13.1 Å². The van der Waals surface area contributed by atoms with Crippen molar-refractivity contribution in [3.63, 3.8) is 0 Å². The Morgan fingerprint density at radius 1 is 1.47 bits per heavy atom. The molecule has 0 amide bonds. The van der Waals surface area contributed by atoms with Crippen molar-refractivity contribution in [2.45, 2.75) is 32.2 Å². The highest BCUT2D eigenvalue weighted by molar-refractivity contribution is 5.49. The zero-order valence-corrected chi connectivity index (χ0v) is 12.1. The number of likely N-dealkylation sites (N-methyl/N-ethyl adjacent to an activating group) is 2. The van der Waals surface area contributed by atoms with Gasteiger partial charge in [0.25, 0.3) is 0 Å². The van der Waals surface area contributed by atoms with E-state index in [0.29, 0.717) is 5.92 Å². The molecule has 0 heterocycles. The molecule has 0 radical (unpaired) electrons. The summed E-state index contributed by atoms with van der Waals surface area (Å²) in [4.78, 5) is 2.30. The maximum absolute atomic E-state index is 9.59. The lowest BCUT2D eigenvalue weighted by atomic mass is 9.94. The second-order valence-corrected chi connectivity index (χ2v) is 5.46. The molecule has 1 aromatic carbocycles. The minimum Gasteiger partial charge on any atom is -0.369 e. The average Bonchev–Trinajstić information content (AvgIpc) is 3.26. The van der Waals surface area contributed by atoms with E-state index in [1.54, 1.807) is 0 Å². The molecule has 1 unspecified atom stereocenters. The van der Waals surface area contributed by atoms with Crippen LogP contribution in [-0.2, 0) is 0 Å². The third kappa shape index (κ3) is 2.90.